The second-order valence-electron chi connectivity index (χ2n) is 1.87. The van der Waals surface area contributed by atoms with E-state index in [4.69, 9.17) is 0 Å². The van der Waals surface area contributed by atoms with E-state index >= 15 is 0 Å². The molecule has 1 nitrogen and oxygen atoms in total. The zero-order valence-electron chi connectivity index (χ0n) is 5.49. The van der Waals surface area contributed by atoms with E-state index in [1.807, 2.05) is 0 Å². The van der Waals surface area contributed by atoms with Gasteiger partial charge in [0.25, 0.3) is 0 Å². The maximum atomic E-state index is 3.33. The van der Waals surface area contributed by atoms with Crippen molar-refractivity contribution >= 4 is 10.2 Å². The Bertz CT molecular complexity index is 39.1. The van der Waals surface area contributed by atoms with Crippen LogP contribution in [0.3, 0.4) is 0 Å². The molecule has 44 valence electrons. The molecule has 0 rings (SSSR count). The Morgan fingerprint density at radius 3 is 2.43 bits per heavy atom. The minimum atomic E-state index is 0.761. The van der Waals surface area contributed by atoms with Crippen molar-refractivity contribution in [3.8, 4) is 0 Å². The molecule has 0 heterocycles. The predicted octanol–water partition coefficient (Wildman–Crippen LogP) is -0.232. The van der Waals surface area contributed by atoms with E-state index in [0.717, 1.165) is 12.6 Å². The van der Waals surface area contributed by atoms with Gasteiger partial charge >= 0.3 is 0 Å². The molecule has 0 bridgehead atoms. The molecule has 1 N–H and O–H groups in total. The maximum absolute atomic E-state index is 3.33. The summed E-state index contributed by atoms with van der Waals surface area (Å²) in [6.07, 6.45) is 0. The van der Waals surface area contributed by atoms with Crippen LogP contribution < -0.4 is 5.32 Å². The first-order valence-corrected chi connectivity index (χ1v) is 4.46. The van der Waals surface area contributed by atoms with Gasteiger partial charge in [0, 0.05) is 16.3 Å². The van der Waals surface area contributed by atoms with Gasteiger partial charge < -0.3 is 5.32 Å². The highest BCUT2D eigenvalue weighted by molar-refractivity contribution is 6.08. The molecule has 0 aliphatic heterocycles. The molecule has 1 unspecified atom stereocenters. The van der Waals surface area contributed by atoms with Gasteiger partial charge in [0.1, 0.15) is 0 Å². The van der Waals surface area contributed by atoms with E-state index in [9.17, 15) is 0 Å². The van der Waals surface area contributed by atoms with Crippen LogP contribution in [0.25, 0.3) is 0 Å². The quantitative estimate of drug-likeness (QED) is 0.503. The summed E-state index contributed by atoms with van der Waals surface area (Å²) >= 11 is 0. The van der Waals surface area contributed by atoms with Crippen LogP contribution in [0, 0.1) is 0 Å². The second kappa shape index (κ2) is 4.34. The Kier molecular flexibility index (Phi) is 4.45. The summed E-state index contributed by atoms with van der Waals surface area (Å²) in [6, 6.07) is 2.13. The Hall–Kier alpha value is 0.177. The Balaban J connectivity index is 2.83. The first-order valence-electron chi connectivity index (χ1n) is 3.04. The van der Waals surface area contributed by atoms with Crippen LogP contribution in [0.2, 0.25) is 6.04 Å². The van der Waals surface area contributed by atoms with Gasteiger partial charge in [-0.2, -0.15) is 0 Å². The third kappa shape index (κ3) is 4.02. The van der Waals surface area contributed by atoms with Gasteiger partial charge in [-0.05, 0) is 6.54 Å². The van der Waals surface area contributed by atoms with E-state index in [1.165, 1.54) is 16.3 Å². The fourth-order valence-corrected chi connectivity index (χ4v) is 0.781. The Morgan fingerprint density at radius 1 is 1.71 bits per heavy atom. The van der Waals surface area contributed by atoms with Gasteiger partial charge in [0.05, 0.1) is 0 Å². The fraction of sp³-hybridized carbons (Fsp3) is 1.00. The summed E-state index contributed by atoms with van der Waals surface area (Å²) in [5.41, 5.74) is 0. The molecular formula is C5H15NSi. The van der Waals surface area contributed by atoms with Gasteiger partial charge in [-0.15, -0.1) is 0 Å². The fourth-order valence-electron chi connectivity index (χ4n) is 0.493. The zero-order valence-corrected chi connectivity index (χ0v) is 7.49. The van der Waals surface area contributed by atoms with Crippen molar-refractivity contribution in [3.63, 3.8) is 0 Å². The van der Waals surface area contributed by atoms with Crippen LogP contribution in [-0.4, -0.2) is 22.8 Å². The molecule has 0 saturated heterocycles. The third-order valence-corrected chi connectivity index (χ3v) is 2.39. The van der Waals surface area contributed by atoms with E-state index < -0.39 is 0 Å². The lowest BCUT2D eigenvalue weighted by Gasteiger charge is -2.06. The van der Waals surface area contributed by atoms with Gasteiger partial charge in [-0.3, -0.25) is 0 Å². The van der Waals surface area contributed by atoms with Crippen molar-refractivity contribution in [2.45, 2.75) is 25.9 Å². The van der Waals surface area contributed by atoms with E-state index in [2.05, 4.69) is 19.2 Å². The van der Waals surface area contributed by atoms with Gasteiger partial charge in [-0.1, -0.05) is 19.9 Å². The van der Waals surface area contributed by atoms with Crippen LogP contribution in [0.5, 0.6) is 0 Å². The maximum Gasteiger partial charge on any atom is 0.00475 e. The summed E-state index contributed by atoms with van der Waals surface area (Å²) < 4.78 is 0. The molecule has 0 saturated carbocycles. The van der Waals surface area contributed by atoms with Crippen LogP contribution in [0.1, 0.15) is 13.8 Å². The van der Waals surface area contributed by atoms with Crippen molar-refractivity contribution in [2.75, 3.05) is 6.54 Å². The van der Waals surface area contributed by atoms with Crippen molar-refractivity contribution in [1.82, 2.24) is 5.32 Å². The Morgan fingerprint density at radius 2 is 2.29 bits per heavy atom. The van der Waals surface area contributed by atoms with Crippen molar-refractivity contribution in [2.24, 2.45) is 0 Å². The monoisotopic (exact) mass is 117 g/mol. The SMILES string of the molecule is CCNC(C)C[SiH3]. The summed E-state index contributed by atoms with van der Waals surface area (Å²) in [4.78, 5) is 0. The normalized spacial score (nSPS) is 14.6. The topological polar surface area (TPSA) is 12.0 Å². The number of hydrogen-bond acceptors (Lipinski definition) is 1. The highest BCUT2D eigenvalue weighted by Gasteiger charge is 1.90. The van der Waals surface area contributed by atoms with Gasteiger partial charge in [0.2, 0.25) is 0 Å². The Labute approximate surface area is 48.9 Å². The minimum absolute atomic E-state index is 0.761. The lowest BCUT2D eigenvalue weighted by molar-refractivity contribution is 0.612. The van der Waals surface area contributed by atoms with Crippen LogP contribution >= 0.6 is 0 Å². The van der Waals surface area contributed by atoms with Crippen molar-refractivity contribution < 1.29 is 0 Å². The highest BCUT2D eigenvalue weighted by Crippen LogP contribution is 1.82. The zero-order chi connectivity index (χ0) is 5.70. The second-order valence-corrected chi connectivity index (χ2v) is 2.68. The molecule has 0 spiro atoms. The van der Waals surface area contributed by atoms with Crippen LogP contribution in [0.15, 0.2) is 0 Å². The molecule has 0 radical (unpaired) electrons. The number of rotatable bonds is 3. The smallest absolute Gasteiger partial charge is 0.00475 e. The molecule has 2 heteroatoms. The third-order valence-electron chi connectivity index (χ3n) is 1.16. The van der Waals surface area contributed by atoms with Crippen molar-refractivity contribution in [1.29, 1.82) is 0 Å². The summed E-state index contributed by atoms with van der Waals surface area (Å²) in [5, 5.41) is 3.33. The molecule has 0 amide bonds. The van der Waals surface area contributed by atoms with Crippen LogP contribution in [-0.2, 0) is 0 Å². The number of hydrogen-bond donors (Lipinski definition) is 1. The lowest BCUT2D eigenvalue weighted by atomic mass is 10.4. The van der Waals surface area contributed by atoms with Gasteiger partial charge in [-0.25, -0.2) is 0 Å². The van der Waals surface area contributed by atoms with E-state index in [-0.39, 0.29) is 0 Å². The number of nitrogens with one attached hydrogen (secondary N) is 1. The summed E-state index contributed by atoms with van der Waals surface area (Å²) in [5.74, 6) is 0. The van der Waals surface area contributed by atoms with E-state index in [0.29, 0.717) is 0 Å². The van der Waals surface area contributed by atoms with Crippen molar-refractivity contribution in [3.05, 3.63) is 0 Å². The van der Waals surface area contributed by atoms with E-state index in [1.54, 1.807) is 0 Å². The predicted molar refractivity (Wildman–Crippen MR) is 37.9 cm³/mol. The average molecular weight is 117 g/mol. The van der Waals surface area contributed by atoms with Gasteiger partial charge in [0.15, 0.2) is 0 Å². The van der Waals surface area contributed by atoms with Crippen LogP contribution in [0.4, 0.5) is 0 Å². The summed E-state index contributed by atoms with van der Waals surface area (Å²) in [6.45, 7) is 5.49. The first kappa shape index (κ1) is 7.18. The average Bonchev–Trinajstić information content (AvgIpc) is 1.68. The summed E-state index contributed by atoms with van der Waals surface area (Å²) in [7, 11) is 1.32. The largest absolute Gasteiger partial charge is 0.315 e. The molecule has 0 aromatic rings. The minimum Gasteiger partial charge on any atom is -0.315 e. The lowest BCUT2D eigenvalue weighted by Crippen LogP contribution is -2.24. The molecule has 0 aliphatic carbocycles. The standard InChI is InChI=1S/C5H15NSi/c1-3-6-5(2)4-7/h5-6H,3-4H2,1-2,7H3. The molecule has 0 fully saturated rings. The molecule has 1 atom stereocenters. The molecular weight excluding hydrogens is 102 g/mol. The molecule has 0 aromatic heterocycles. The highest BCUT2D eigenvalue weighted by atomic mass is 28.1. The molecule has 0 aromatic carbocycles. The molecule has 0 aliphatic rings. The molecule has 7 heavy (non-hydrogen) atoms. The first-order chi connectivity index (χ1) is 3.31.